The summed E-state index contributed by atoms with van der Waals surface area (Å²) < 4.78 is 0. The number of hydrogen-bond acceptors (Lipinski definition) is 1. The first kappa shape index (κ1) is 16.3. The maximum absolute atomic E-state index is 3.80. The zero-order chi connectivity index (χ0) is 14.2. The lowest BCUT2D eigenvalue weighted by Gasteiger charge is -2.37. The number of unbranched alkanes of at least 4 members (excludes halogenated alkanes) is 3. The van der Waals surface area contributed by atoms with Crippen molar-refractivity contribution in [2.45, 2.75) is 96.9 Å². The Morgan fingerprint density at radius 2 is 1.65 bits per heavy atom. The van der Waals surface area contributed by atoms with Gasteiger partial charge in [-0.15, -0.1) is 0 Å². The zero-order valence-corrected chi connectivity index (χ0v) is 14.0. The minimum Gasteiger partial charge on any atom is -0.314 e. The molecule has 0 aromatic heterocycles. The summed E-state index contributed by atoms with van der Waals surface area (Å²) in [6.07, 6.45) is 17.6. The highest BCUT2D eigenvalue weighted by atomic mass is 14.9. The van der Waals surface area contributed by atoms with E-state index in [1.807, 2.05) is 0 Å². The number of rotatable bonds is 10. The molecule has 2 rings (SSSR count). The van der Waals surface area contributed by atoms with E-state index in [1.165, 1.54) is 83.6 Å². The van der Waals surface area contributed by atoms with E-state index >= 15 is 0 Å². The minimum atomic E-state index is 0.893. The number of nitrogens with one attached hydrogen (secondary N) is 1. The Hall–Kier alpha value is -0.0400. The highest BCUT2D eigenvalue weighted by Crippen LogP contribution is 2.39. The first-order valence-electron chi connectivity index (χ1n) is 9.56. The van der Waals surface area contributed by atoms with Gasteiger partial charge in [-0.25, -0.2) is 0 Å². The van der Waals surface area contributed by atoms with Gasteiger partial charge in [0.15, 0.2) is 0 Å². The third kappa shape index (κ3) is 5.76. The van der Waals surface area contributed by atoms with Crippen LogP contribution in [-0.4, -0.2) is 12.6 Å². The molecule has 118 valence electrons. The van der Waals surface area contributed by atoms with Gasteiger partial charge >= 0.3 is 0 Å². The monoisotopic (exact) mass is 279 g/mol. The van der Waals surface area contributed by atoms with Crippen molar-refractivity contribution in [2.75, 3.05) is 6.54 Å². The predicted octanol–water partition coefficient (Wildman–Crippen LogP) is 5.54. The average Bonchev–Trinajstić information content (AvgIpc) is 3.27. The lowest BCUT2D eigenvalue weighted by Crippen LogP contribution is -2.34. The SMILES string of the molecule is CCCCCCC1CC(CCC)CCC1CNC1CC1. The fourth-order valence-electron chi connectivity index (χ4n) is 4.16. The molecule has 2 aliphatic rings. The fraction of sp³-hybridized carbons (Fsp3) is 1.00. The summed E-state index contributed by atoms with van der Waals surface area (Å²) in [5, 5.41) is 3.80. The van der Waals surface area contributed by atoms with Crippen LogP contribution in [0.1, 0.15) is 90.9 Å². The molecule has 0 aromatic carbocycles. The molecule has 0 heterocycles. The molecule has 1 nitrogen and oxygen atoms in total. The van der Waals surface area contributed by atoms with Crippen molar-refractivity contribution in [3.05, 3.63) is 0 Å². The van der Waals surface area contributed by atoms with Crippen LogP contribution >= 0.6 is 0 Å². The lowest BCUT2D eigenvalue weighted by molar-refractivity contribution is 0.156. The summed E-state index contributed by atoms with van der Waals surface area (Å²) in [6, 6.07) is 0.893. The molecule has 2 saturated carbocycles. The average molecular weight is 280 g/mol. The van der Waals surface area contributed by atoms with Crippen molar-refractivity contribution in [2.24, 2.45) is 17.8 Å². The van der Waals surface area contributed by atoms with Crippen LogP contribution in [0.2, 0.25) is 0 Å². The van der Waals surface area contributed by atoms with E-state index in [2.05, 4.69) is 19.2 Å². The van der Waals surface area contributed by atoms with Gasteiger partial charge in [-0.2, -0.15) is 0 Å². The molecule has 0 aliphatic heterocycles. The van der Waals surface area contributed by atoms with Crippen LogP contribution in [0.25, 0.3) is 0 Å². The summed E-state index contributed by atoms with van der Waals surface area (Å²) in [6.45, 7) is 6.00. The maximum Gasteiger partial charge on any atom is 0.00683 e. The quantitative estimate of drug-likeness (QED) is 0.518. The van der Waals surface area contributed by atoms with Crippen LogP contribution in [-0.2, 0) is 0 Å². The van der Waals surface area contributed by atoms with Crippen molar-refractivity contribution >= 4 is 0 Å². The maximum atomic E-state index is 3.80. The molecule has 0 radical (unpaired) electrons. The second-order valence-electron chi connectivity index (χ2n) is 7.52. The van der Waals surface area contributed by atoms with Gasteiger partial charge in [0.05, 0.1) is 0 Å². The Morgan fingerprint density at radius 1 is 0.800 bits per heavy atom. The molecule has 2 fully saturated rings. The standard InChI is InChI=1S/C19H37N/c1-3-5-6-7-9-17-14-16(8-4-2)10-11-18(17)15-20-19-12-13-19/h16-20H,3-15H2,1-2H3. The molecule has 0 saturated heterocycles. The Labute approximate surface area is 127 Å². The fourth-order valence-corrected chi connectivity index (χ4v) is 4.16. The second-order valence-corrected chi connectivity index (χ2v) is 7.52. The Bertz CT molecular complexity index is 246. The molecule has 3 atom stereocenters. The molecule has 1 heteroatoms. The van der Waals surface area contributed by atoms with E-state index in [0.29, 0.717) is 0 Å². The van der Waals surface area contributed by atoms with Crippen LogP contribution in [0.5, 0.6) is 0 Å². The predicted molar refractivity (Wildman–Crippen MR) is 89.0 cm³/mol. The van der Waals surface area contributed by atoms with Crippen molar-refractivity contribution in [3.63, 3.8) is 0 Å². The van der Waals surface area contributed by atoms with E-state index in [1.54, 1.807) is 0 Å². The molecule has 3 unspecified atom stereocenters. The molecule has 1 N–H and O–H groups in total. The molecule has 2 aliphatic carbocycles. The summed E-state index contributed by atoms with van der Waals surface area (Å²) in [4.78, 5) is 0. The highest BCUT2D eigenvalue weighted by Gasteiger charge is 2.31. The first-order valence-corrected chi connectivity index (χ1v) is 9.56. The normalized spacial score (nSPS) is 30.6. The first-order chi connectivity index (χ1) is 9.83. The third-order valence-electron chi connectivity index (χ3n) is 5.62. The van der Waals surface area contributed by atoms with Gasteiger partial charge in [0.25, 0.3) is 0 Å². The smallest absolute Gasteiger partial charge is 0.00683 e. The summed E-state index contributed by atoms with van der Waals surface area (Å²) in [5.41, 5.74) is 0. The molecule has 0 bridgehead atoms. The Kier molecular flexibility index (Phi) is 7.41. The van der Waals surface area contributed by atoms with E-state index in [-0.39, 0.29) is 0 Å². The third-order valence-corrected chi connectivity index (χ3v) is 5.62. The molecule has 20 heavy (non-hydrogen) atoms. The van der Waals surface area contributed by atoms with Gasteiger partial charge in [0.2, 0.25) is 0 Å². The molecule has 0 spiro atoms. The molecular weight excluding hydrogens is 242 g/mol. The molecular formula is C19H37N. The van der Waals surface area contributed by atoms with Crippen LogP contribution in [0.3, 0.4) is 0 Å². The number of hydrogen-bond donors (Lipinski definition) is 1. The van der Waals surface area contributed by atoms with Crippen molar-refractivity contribution < 1.29 is 0 Å². The largest absolute Gasteiger partial charge is 0.314 e. The van der Waals surface area contributed by atoms with E-state index in [0.717, 1.165) is 23.8 Å². The van der Waals surface area contributed by atoms with Crippen LogP contribution < -0.4 is 5.32 Å². The Morgan fingerprint density at radius 3 is 2.35 bits per heavy atom. The van der Waals surface area contributed by atoms with Gasteiger partial charge in [-0.3, -0.25) is 0 Å². The molecule has 0 amide bonds. The van der Waals surface area contributed by atoms with Crippen LogP contribution in [0.4, 0.5) is 0 Å². The zero-order valence-electron chi connectivity index (χ0n) is 14.0. The minimum absolute atomic E-state index is 0.893. The van der Waals surface area contributed by atoms with Crippen molar-refractivity contribution in [1.82, 2.24) is 5.32 Å². The van der Waals surface area contributed by atoms with Gasteiger partial charge in [-0.05, 0) is 50.0 Å². The van der Waals surface area contributed by atoms with Gasteiger partial charge in [-0.1, -0.05) is 65.2 Å². The summed E-state index contributed by atoms with van der Waals surface area (Å²) >= 11 is 0. The van der Waals surface area contributed by atoms with E-state index < -0.39 is 0 Å². The van der Waals surface area contributed by atoms with E-state index in [9.17, 15) is 0 Å². The van der Waals surface area contributed by atoms with Crippen molar-refractivity contribution in [1.29, 1.82) is 0 Å². The van der Waals surface area contributed by atoms with E-state index in [4.69, 9.17) is 0 Å². The lowest BCUT2D eigenvalue weighted by atomic mass is 9.71. The van der Waals surface area contributed by atoms with Crippen molar-refractivity contribution in [3.8, 4) is 0 Å². The topological polar surface area (TPSA) is 12.0 Å². The van der Waals surface area contributed by atoms with Gasteiger partial charge in [0, 0.05) is 6.04 Å². The molecule has 0 aromatic rings. The summed E-state index contributed by atoms with van der Waals surface area (Å²) in [5.74, 6) is 3.07. The van der Waals surface area contributed by atoms with Gasteiger partial charge < -0.3 is 5.32 Å². The Balaban J connectivity index is 1.73. The van der Waals surface area contributed by atoms with Crippen LogP contribution in [0, 0.1) is 17.8 Å². The van der Waals surface area contributed by atoms with Gasteiger partial charge in [0.1, 0.15) is 0 Å². The summed E-state index contributed by atoms with van der Waals surface area (Å²) in [7, 11) is 0. The van der Waals surface area contributed by atoms with Crippen LogP contribution in [0.15, 0.2) is 0 Å². The second kappa shape index (κ2) is 9.07. The highest BCUT2D eigenvalue weighted by molar-refractivity contribution is 4.86.